The molecule has 35 heavy (non-hydrogen) atoms. The van der Waals surface area contributed by atoms with Gasteiger partial charge in [0.1, 0.15) is 17.4 Å². The van der Waals surface area contributed by atoms with Crippen LogP contribution in [0.5, 0.6) is 5.75 Å². The molecule has 0 aliphatic carbocycles. The highest BCUT2D eigenvalue weighted by Gasteiger charge is 2.64. The quantitative estimate of drug-likeness (QED) is 0.275. The van der Waals surface area contributed by atoms with Crippen LogP contribution in [-0.4, -0.2) is 33.7 Å². The van der Waals surface area contributed by atoms with E-state index in [1.54, 1.807) is 5.48 Å². The number of hydrogen-bond donors (Lipinski definition) is 2. The zero-order valence-corrected chi connectivity index (χ0v) is 18.5. The molecule has 8 nitrogen and oxygen atoms in total. The van der Waals surface area contributed by atoms with Crippen LogP contribution in [0.25, 0.3) is 0 Å². The summed E-state index contributed by atoms with van der Waals surface area (Å²) < 4.78 is 62.6. The Labute approximate surface area is 197 Å². The van der Waals surface area contributed by atoms with Crippen molar-refractivity contribution in [2.24, 2.45) is 0 Å². The third-order valence-corrected chi connectivity index (χ3v) is 4.86. The van der Waals surface area contributed by atoms with Crippen LogP contribution < -0.4 is 15.5 Å². The summed E-state index contributed by atoms with van der Waals surface area (Å²) >= 11 is 0. The van der Waals surface area contributed by atoms with E-state index in [2.05, 4.69) is 15.3 Å². The van der Waals surface area contributed by atoms with Crippen molar-refractivity contribution in [3.8, 4) is 5.75 Å². The number of anilines is 1. The molecule has 0 spiro atoms. The number of nitrogens with zero attached hydrogens (tertiary/aromatic N) is 2. The fourth-order valence-corrected chi connectivity index (χ4v) is 3.10. The van der Waals surface area contributed by atoms with Crippen LogP contribution in [0, 0.1) is 5.82 Å². The van der Waals surface area contributed by atoms with E-state index in [9.17, 15) is 27.2 Å². The van der Waals surface area contributed by atoms with Crippen LogP contribution in [0.15, 0.2) is 67.1 Å². The van der Waals surface area contributed by atoms with Crippen molar-refractivity contribution in [2.75, 3.05) is 5.32 Å². The van der Waals surface area contributed by atoms with Gasteiger partial charge in [0.05, 0.1) is 11.5 Å². The van der Waals surface area contributed by atoms with Gasteiger partial charge in [-0.2, -0.15) is 13.2 Å². The first-order valence-electron chi connectivity index (χ1n) is 10.1. The van der Waals surface area contributed by atoms with E-state index in [1.807, 2.05) is 0 Å². The Morgan fingerprint density at radius 3 is 2.37 bits per heavy atom. The second-order valence-electron chi connectivity index (χ2n) is 7.37. The van der Waals surface area contributed by atoms with E-state index >= 15 is 0 Å². The molecule has 184 valence electrons. The Morgan fingerprint density at radius 1 is 1.06 bits per heavy atom. The van der Waals surface area contributed by atoms with Crippen LogP contribution in [0.2, 0.25) is 0 Å². The molecule has 0 saturated heterocycles. The number of carbonyl (C=O) groups is 2. The normalized spacial score (nSPS) is 13.9. The number of hydroxylamine groups is 1. The number of pyridine rings is 2. The number of carbonyl (C=O) groups excluding carboxylic acids is 2. The molecule has 0 radical (unpaired) electrons. The summed E-state index contributed by atoms with van der Waals surface area (Å²) in [5.41, 5.74) is 1.74. The van der Waals surface area contributed by atoms with Gasteiger partial charge in [0.15, 0.2) is 0 Å². The second kappa shape index (κ2) is 10.5. The van der Waals surface area contributed by atoms with Crippen LogP contribution >= 0.6 is 0 Å². The Hall–Kier alpha value is -4.06. The molecule has 3 aromatic rings. The third-order valence-electron chi connectivity index (χ3n) is 4.86. The highest BCUT2D eigenvalue weighted by Crippen LogP contribution is 2.45. The van der Waals surface area contributed by atoms with E-state index in [1.165, 1.54) is 43.6 Å². The molecule has 0 aliphatic heterocycles. The average Bonchev–Trinajstić information content (AvgIpc) is 2.82. The van der Waals surface area contributed by atoms with Crippen molar-refractivity contribution < 1.29 is 36.7 Å². The zero-order valence-electron chi connectivity index (χ0n) is 18.5. The van der Waals surface area contributed by atoms with Crippen molar-refractivity contribution in [3.63, 3.8) is 0 Å². The maximum Gasteiger partial charge on any atom is 0.458 e. The van der Waals surface area contributed by atoms with Gasteiger partial charge in [-0.05, 0) is 54.1 Å². The molecule has 1 aromatic carbocycles. The fraction of sp³-hybridized carbons (Fsp3) is 0.217. The minimum Gasteiger partial charge on any atom is -0.451 e. The van der Waals surface area contributed by atoms with Crippen LogP contribution in [-0.2, 0) is 9.63 Å². The lowest BCUT2D eigenvalue weighted by Gasteiger charge is -2.39. The Balaban J connectivity index is 2.04. The minimum atomic E-state index is -5.22. The maximum absolute atomic E-state index is 14.7. The number of halogens is 4. The summed E-state index contributed by atoms with van der Waals surface area (Å²) in [6.07, 6.45) is -1.50. The summed E-state index contributed by atoms with van der Waals surface area (Å²) in [7, 11) is 0. The summed E-state index contributed by atoms with van der Waals surface area (Å²) in [6.45, 7) is 2.37. The van der Waals surface area contributed by atoms with Crippen molar-refractivity contribution in [1.82, 2.24) is 15.4 Å². The molecular formula is C23H20F4N4O4. The first-order chi connectivity index (χ1) is 16.5. The van der Waals surface area contributed by atoms with E-state index in [0.717, 1.165) is 37.4 Å². The molecular weight excluding hydrogens is 472 g/mol. The Bertz CT molecular complexity index is 1180. The molecule has 2 N–H and O–H groups in total. The summed E-state index contributed by atoms with van der Waals surface area (Å²) in [4.78, 5) is 36.5. The summed E-state index contributed by atoms with van der Waals surface area (Å²) in [5.74, 6) is -7.65. The standard InChI is InChI=1S/C23H20F4N4O4/c1-14(16-9-11-29-20(12-16)30-15(2)32)22(23(25,26)27,34-19-7-5-18(24)6-8-19)35-31-21(33)17-4-3-10-28-13-17/h3-14H,1-2H3,(H,31,33)(H,29,30,32). The van der Waals surface area contributed by atoms with Crippen LogP contribution in [0.3, 0.4) is 0 Å². The monoisotopic (exact) mass is 492 g/mol. The number of ether oxygens (including phenoxy) is 1. The summed E-state index contributed by atoms with van der Waals surface area (Å²) in [5, 5.41) is 2.39. The number of benzene rings is 1. The van der Waals surface area contributed by atoms with Crippen LogP contribution in [0.4, 0.5) is 23.4 Å². The average molecular weight is 492 g/mol. The van der Waals surface area contributed by atoms with Gasteiger partial charge in [-0.3, -0.25) is 14.6 Å². The van der Waals surface area contributed by atoms with Crippen molar-refractivity contribution >= 4 is 17.6 Å². The first-order valence-corrected chi connectivity index (χ1v) is 10.1. The number of amides is 2. The van der Waals surface area contributed by atoms with E-state index in [-0.39, 0.29) is 22.7 Å². The molecule has 2 amide bonds. The maximum atomic E-state index is 14.7. The lowest BCUT2D eigenvalue weighted by Crippen LogP contribution is -2.59. The number of hydrogen-bond acceptors (Lipinski definition) is 6. The van der Waals surface area contributed by atoms with E-state index < -0.39 is 35.5 Å². The van der Waals surface area contributed by atoms with Gasteiger partial charge in [-0.15, -0.1) is 0 Å². The molecule has 12 heteroatoms. The van der Waals surface area contributed by atoms with E-state index in [0.29, 0.717) is 0 Å². The summed E-state index contributed by atoms with van der Waals surface area (Å²) in [6, 6.07) is 9.04. The lowest BCUT2D eigenvalue weighted by molar-refractivity contribution is -0.372. The number of alkyl halides is 3. The smallest absolute Gasteiger partial charge is 0.451 e. The van der Waals surface area contributed by atoms with E-state index in [4.69, 9.17) is 9.57 Å². The number of rotatable bonds is 8. The van der Waals surface area contributed by atoms with Crippen molar-refractivity contribution in [1.29, 1.82) is 0 Å². The van der Waals surface area contributed by atoms with Crippen molar-refractivity contribution in [3.05, 3.63) is 84.1 Å². The van der Waals surface area contributed by atoms with Gasteiger partial charge in [0, 0.05) is 25.5 Å². The van der Waals surface area contributed by atoms with Crippen LogP contribution in [0.1, 0.15) is 35.7 Å². The molecule has 3 rings (SSSR count). The molecule has 2 atom stereocenters. The topological polar surface area (TPSA) is 102 Å². The molecule has 2 unspecified atom stereocenters. The predicted molar refractivity (Wildman–Crippen MR) is 116 cm³/mol. The molecule has 0 saturated carbocycles. The highest BCUT2D eigenvalue weighted by molar-refractivity contribution is 5.93. The molecule has 0 bridgehead atoms. The molecule has 0 aliphatic rings. The van der Waals surface area contributed by atoms with Gasteiger partial charge in [-0.25, -0.2) is 19.7 Å². The van der Waals surface area contributed by atoms with Gasteiger partial charge < -0.3 is 10.1 Å². The van der Waals surface area contributed by atoms with Gasteiger partial charge in [0.25, 0.3) is 5.91 Å². The molecule has 2 heterocycles. The number of aromatic nitrogens is 2. The Morgan fingerprint density at radius 2 is 1.77 bits per heavy atom. The SMILES string of the molecule is CC(=O)Nc1cc(C(C)C(ONC(=O)c2cccnc2)(Oc2ccc(F)cc2)C(F)(F)F)ccn1. The first kappa shape index (κ1) is 25.6. The largest absolute Gasteiger partial charge is 0.458 e. The third kappa shape index (κ3) is 6.09. The Kier molecular flexibility index (Phi) is 7.65. The molecule has 2 aromatic heterocycles. The van der Waals surface area contributed by atoms with Gasteiger partial charge in [-0.1, -0.05) is 6.92 Å². The second-order valence-corrected chi connectivity index (χ2v) is 7.37. The van der Waals surface area contributed by atoms with Crippen molar-refractivity contribution in [2.45, 2.75) is 31.7 Å². The van der Waals surface area contributed by atoms with Gasteiger partial charge in [0.2, 0.25) is 5.91 Å². The van der Waals surface area contributed by atoms with Gasteiger partial charge >= 0.3 is 12.0 Å². The minimum absolute atomic E-state index is 0.000831. The fourth-order valence-electron chi connectivity index (χ4n) is 3.10. The zero-order chi connectivity index (χ0) is 25.6. The highest BCUT2D eigenvalue weighted by atomic mass is 19.4. The predicted octanol–water partition coefficient (Wildman–Crippen LogP) is 4.38. The lowest BCUT2D eigenvalue weighted by atomic mass is 9.91. The molecule has 0 fully saturated rings. The number of nitrogens with one attached hydrogen (secondary N) is 2.